The van der Waals surface area contributed by atoms with Crippen molar-refractivity contribution in [2.24, 2.45) is 0 Å². The predicted molar refractivity (Wildman–Crippen MR) is 66.0 cm³/mol. The molecule has 0 aromatic carbocycles. The Balaban J connectivity index is 0. The predicted octanol–water partition coefficient (Wildman–Crippen LogP) is 5.28. The summed E-state index contributed by atoms with van der Waals surface area (Å²) >= 11 is 0. The summed E-state index contributed by atoms with van der Waals surface area (Å²) in [6.07, 6.45) is -3.42. The first-order chi connectivity index (χ1) is 7.91. The Hall–Kier alpha value is -1.06. The summed E-state index contributed by atoms with van der Waals surface area (Å²) in [7, 11) is 0. The zero-order valence-electron chi connectivity index (χ0n) is 11.4. The number of pyridine rings is 1. The lowest BCUT2D eigenvalue weighted by atomic mass is 10.1. The molecule has 0 spiro atoms. The van der Waals surface area contributed by atoms with E-state index in [4.69, 9.17) is 0 Å². The van der Waals surface area contributed by atoms with E-state index in [-0.39, 0.29) is 5.92 Å². The Morgan fingerprint density at radius 1 is 1.00 bits per heavy atom. The number of alkyl halides is 3. The van der Waals surface area contributed by atoms with Crippen LogP contribution in [-0.4, -0.2) is 4.98 Å². The minimum absolute atomic E-state index is 0.155. The number of hydrogen-bond donors (Lipinski definition) is 0. The quantitative estimate of drug-likeness (QED) is 0.660. The molecule has 0 aliphatic heterocycles. The van der Waals surface area contributed by atoms with Gasteiger partial charge in [0, 0.05) is 11.9 Å². The number of halogens is 3. The van der Waals surface area contributed by atoms with E-state index in [9.17, 15) is 13.2 Å². The maximum Gasteiger partial charge on any atom is 0.417 e. The Kier molecular flexibility index (Phi) is 9.72. The maximum absolute atomic E-state index is 12.1. The number of nitrogens with zero attached hydrogens (tertiary/aromatic N) is 1. The molecule has 1 rings (SSSR count). The molecule has 0 bridgehead atoms. The molecule has 1 aromatic rings. The van der Waals surface area contributed by atoms with Crippen LogP contribution in [0.1, 0.15) is 58.7 Å². The van der Waals surface area contributed by atoms with Crippen molar-refractivity contribution in [1.82, 2.24) is 4.98 Å². The van der Waals surface area contributed by atoms with Crippen molar-refractivity contribution in [3.63, 3.8) is 0 Å². The van der Waals surface area contributed by atoms with E-state index in [1.165, 1.54) is 6.07 Å². The molecule has 0 fully saturated rings. The fourth-order valence-electron chi connectivity index (χ4n) is 0.915. The molecule has 0 saturated heterocycles. The van der Waals surface area contributed by atoms with Gasteiger partial charge in [-0.3, -0.25) is 4.98 Å². The lowest BCUT2D eigenvalue weighted by Gasteiger charge is -2.08. The summed E-state index contributed by atoms with van der Waals surface area (Å²) in [5.74, 6) is 0.155. The third-order valence-electron chi connectivity index (χ3n) is 1.71. The minimum atomic E-state index is -4.29. The van der Waals surface area contributed by atoms with Gasteiger partial charge in [-0.15, -0.1) is 0 Å². The molecule has 4 heteroatoms. The highest BCUT2D eigenvalue weighted by Gasteiger charge is 2.30. The fourth-order valence-corrected chi connectivity index (χ4v) is 0.915. The monoisotopic (exact) mass is 249 g/mol. The van der Waals surface area contributed by atoms with Crippen LogP contribution in [0.5, 0.6) is 0 Å². The Morgan fingerprint density at radius 3 is 1.71 bits per heavy atom. The summed E-state index contributed by atoms with van der Waals surface area (Å²) in [4.78, 5) is 3.72. The second-order valence-corrected chi connectivity index (χ2v) is 3.12. The Morgan fingerprint density at radius 2 is 1.47 bits per heavy atom. The van der Waals surface area contributed by atoms with Crippen LogP contribution < -0.4 is 0 Å². The third-order valence-corrected chi connectivity index (χ3v) is 1.71. The van der Waals surface area contributed by atoms with Crippen molar-refractivity contribution in [1.29, 1.82) is 0 Å². The largest absolute Gasteiger partial charge is 0.417 e. The molecule has 100 valence electrons. The molecule has 0 saturated carbocycles. The van der Waals surface area contributed by atoms with Gasteiger partial charge in [0.05, 0.1) is 5.56 Å². The summed E-state index contributed by atoms with van der Waals surface area (Å²) < 4.78 is 36.2. The van der Waals surface area contributed by atoms with Gasteiger partial charge in [-0.25, -0.2) is 0 Å². The van der Waals surface area contributed by atoms with E-state index < -0.39 is 11.7 Å². The number of aromatic nitrogens is 1. The van der Waals surface area contributed by atoms with Crippen molar-refractivity contribution in [2.45, 2.75) is 53.6 Å². The van der Waals surface area contributed by atoms with Gasteiger partial charge >= 0.3 is 6.18 Å². The molecule has 1 heterocycles. The topological polar surface area (TPSA) is 12.9 Å². The average molecular weight is 249 g/mol. The van der Waals surface area contributed by atoms with Crippen LogP contribution in [0.4, 0.5) is 13.2 Å². The van der Waals surface area contributed by atoms with Crippen molar-refractivity contribution >= 4 is 0 Å². The Bertz CT molecular complexity index is 276. The van der Waals surface area contributed by atoms with Crippen molar-refractivity contribution in [2.75, 3.05) is 0 Å². The zero-order chi connectivity index (χ0) is 14.1. The molecule has 0 radical (unpaired) electrons. The lowest BCUT2D eigenvalue weighted by Crippen LogP contribution is -2.06. The second kappa shape index (κ2) is 9.02. The van der Waals surface area contributed by atoms with Crippen LogP contribution in [-0.2, 0) is 6.18 Å². The van der Waals surface area contributed by atoms with E-state index in [2.05, 4.69) is 4.98 Å². The van der Waals surface area contributed by atoms with Crippen molar-refractivity contribution in [3.8, 4) is 0 Å². The van der Waals surface area contributed by atoms with Gasteiger partial charge in [0.15, 0.2) is 0 Å². The normalized spacial score (nSPS) is 10.0. The Labute approximate surface area is 102 Å². The van der Waals surface area contributed by atoms with Gasteiger partial charge in [0.25, 0.3) is 0 Å². The van der Waals surface area contributed by atoms with Crippen molar-refractivity contribution < 1.29 is 13.2 Å². The average Bonchev–Trinajstić information content (AvgIpc) is 2.33. The molecule has 1 nitrogen and oxygen atoms in total. The molecule has 17 heavy (non-hydrogen) atoms. The summed E-state index contributed by atoms with van der Waals surface area (Å²) in [5.41, 5.74) is -0.0232. The summed E-state index contributed by atoms with van der Waals surface area (Å²) in [5, 5.41) is 0. The molecule has 0 N–H and O–H groups in total. The lowest BCUT2D eigenvalue weighted by molar-refractivity contribution is -0.137. The maximum atomic E-state index is 12.1. The van der Waals surface area contributed by atoms with Crippen LogP contribution in [0.25, 0.3) is 0 Å². The molecule has 0 atom stereocenters. The fraction of sp³-hybridized carbons (Fsp3) is 0.615. The molecule has 0 aliphatic rings. The van der Waals surface area contributed by atoms with E-state index >= 15 is 0 Å². The van der Waals surface area contributed by atoms with E-state index in [1.807, 2.05) is 41.5 Å². The van der Waals surface area contributed by atoms with Crippen LogP contribution in [0.15, 0.2) is 18.3 Å². The van der Waals surface area contributed by atoms with Gasteiger partial charge in [-0.2, -0.15) is 13.2 Å². The zero-order valence-corrected chi connectivity index (χ0v) is 11.4. The van der Waals surface area contributed by atoms with Crippen LogP contribution in [0.3, 0.4) is 0 Å². The highest BCUT2D eigenvalue weighted by molar-refractivity contribution is 5.18. The number of hydrogen-bond acceptors (Lipinski definition) is 1. The smallest absolute Gasteiger partial charge is 0.260 e. The van der Waals surface area contributed by atoms with Gasteiger partial charge in [-0.05, 0) is 18.1 Å². The molecular formula is C13H22F3N. The van der Waals surface area contributed by atoms with Gasteiger partial charge < -0.3 is 0 Å². The minimum Gasteiger partial charge on any atom is -0.260 e. The molecular weight excluding hydrogens is 227 g/mol. The number of rotatable bonds is 1. The molecule has 0 amide bonds. The van der Waals surface area contributed by atoms with Gasteiger partial charge in [0.1, 0.15) is 0 Å². The van der Waals surface area contributed by atoms with Crippen LogP contribution >= 0.6 is 0 Å². The molecule has 0 aliphatic carbocycles. The van der Waals surface area contributed by atoms with Gasteiger partial charge in [0.2, 0.25) is 0 Å². The second-order valence-electron chi connectivity index (χ2n) is 3.12. The summed E-state index contributed by atoms with van der Waals surface area (Å²) in [6.45, 7) is 11.8. The first-order valence-electron chi connectivity index (χ1n) is 5.94. The van der Waals surface area contributed by atoms with Crippen LogP contribution in [0.2, 0.25) is 0 Å². The summed E-state index contributed by atoms with van der Waals surface area (Å²) in [6, 6.07) is 2.47. The van der Waals surface area contributed by atoms with E-state index in [0.717, 1.165) is 12.3 Å². The SMILES string of the molecule is CC.CC.CC(C)c1ccc(C(F)(F)F)cn1. The van der Waals surface area contributed by atoms with E-state index in [1.54, 1.807) is 0 Å². The highest BCUT2D eigenvalue weighted by Crippen LogP contribution is 2.28. The molecule has 0 unspecified atom stereocenters. The highest BCUT2D eigenvalue weighted by atomic mass is 19.4. The standard InChI is InChI=1S/C9H10F3N.2C2H6/c1-6(2)8-4-3-7(5-13-8)9(10,11)12;2*1-2/h3-6H,1-2H3;2*1-2H3. The first-order valence-corrected chi connectivity index (χ1v) is 5.94. The van der Waals surface area contributed by atoms with Crippen LogP contribution in [0, 0.1) is 0 Å². The molecule has 1 aromatic heterocycles. The van der Waals surface area contributed by atoms with Crippen molar-refractivity contribution in [3.05, 3.63) is 29.6 Å². The van der Waals surface area contributed by atoms with Gasteiger partial charge in [-0.1, -0.05) is 41.5 Å². The third kappa shape index (κ3) is 6.97. The first kappa shape index (κ1) is 18.3. The van der Waals surface area contributed by atoms with E-state index in [0.29, 0.717) is 5.69 Å².